The topological polar surface area (TPSA) is 20.3 Å². The van der Waals surface area contributed by atoms with Crippen LogP contribution in [-0.2, 0) is 0 Å². The van der Waals surface area contributed by atoms with E-state index >= 15 is 0 Å². The van der Waals surface area contributed by atoms with Gasteiger partial charge in [-0.05, 0) is 52.5 Å². The Hall–Kier alpha value is -0.670. The Bertz CT molecular complexity index is 432. The van der Waals surface area contributed by atoms with Crippen LogP contribution in [-0.4, -0.2) is 29.8 Å². The highest BCUT2D eigenvalue weighted by atomic mass is 32.1. The minimum atomic E-state index is 0.284. The fourth-order valence-electron chi connectivity index (χ4n) is 2.27. The zero-order valence-corrected chi connectivity index (χ0v) is 12.6. The molecule has 0 bridgehead atoms. The van der Waals surface area contributed by atoms with Crippen molar-refractivity contribution in [1.29, 1.82) is 0 Å². The summed E-state index contributed by atoms with van der Waals surface area (Å²) >= 11 is 1.72. The molecule has 0 aromatic carbocycles. The van der Waals surface area contributed by atoms with Crippen LogP contribution in [0.15, 0.2) is 6.07 Å². The molecule has 1 aliphatic carbocycles. The highest BCUT2D eigenvalue weighted by Crippen LogP contribution is 2.30. The summed E-state index contributed by atoms with van der Waals surface area (Å²) in [6.07, 6.45) is 2.68. The molecule has 0 amide bonds. The molecule has 1 aromatic rings. The van der Waals surface area contributed by atoms with E-state index in [4.69, 9.17) is 0 Å². The van der Waals surface area contributed by atoms with E-state index in [9.17, 15) is 4.79 Å². The summed E-state index contributed by atoms with van der Waals surface area (Å²) < 4.78 is 0. The lowest BCUT2D eigenvalue weighted by molar-refractivity contribution is 0.0900. The third-order valence-electron chi connectivity index (χ3n) is 3.61. The van der Waals surface area contributed by atoms with Crippen molar-refractivity contribution in [3.63, 3.8) is 0 Å². The number of aryl methyl sites for hydroxylation is 2. The molecule has 0 radical (unpaired) electrons. The van der Waals surface area contributed by atoms with Gasteiger partial charge < -0.3 is 0 Å². The van der Waals surface area contributed by atoms with Crippen molar-refractivity contribution in [2.45, 2.75) is 46.6 Å². The molecule has 2 rings (SSSR count). The second-order valence-electron chi connectivity index (χ2n) is 5.72. The third-order valence-corrected chi connectivity index (χ3v) is 4.57. The number of carbonyl (C=O) groups excluding carboxylic acids is 1. The Morgan fingerprint density at radius 2 is 2.11 bits per heavy atom. The zero-order chi connectivity index (χ0) is 13.3. The van der Waals surface area contributed by atoms with Crippen LogP contribution in [0.5, 0.6) is 0 Å². The Morgan fingerprint density at radius 3 is 2.56 bits per heavy atom. The molecular weight excluding hydrogens is 242 g/mol. The van der Waals surface area contributed by atoms with E-state index in [1.807, 2.05) is 13.0 Å². The van der Waals surface area contributed by atoms with Crippen LogP contribution in [0, 0.1) is 19.8 Å². The summed E-state index contributed by atoms with van der Waals surface area (Å²) in [6.45, 7) is 10.1. The summed E-state index contributed by atoms with van der Waals surface area (Å²) in [5.74, 6) is 1.12. The van der Waals surface area contributed by atoms with Crippen molar-refractivity contribution >= 4 is 17.1 Å². The van der Waals surface area contributed by atoms with Crippen molar-refractivity contribution in [3.8, 4) is 0 Å². The van der Waals surface area contributed by atoms with Crippen molar-refractivity contribution in [1.82, 2.24) is 4.90 Å². The molecule has 0 unspecified atom stereocenters. The maximum absolute atomic E-state index is 12.4. The SMILES string of the molecule is Cc1cc(C(=O)CN(CC2CC2)C(C)C)c(C)s1. The van der Waals surface area contributed by atoms with Crippen molar-refractivity contribution < 1.29 is 4.79 Å². The third kappa shape index (κ3) is 3.42. The fourth-order valence-corrected chi connectivity index (χ4v) is 3.21. The van der Waals surface area contributed by atoms with Gasteiger partial charge in [-0.1, -0.05) is 0 Å². The maximum atomic E-state index is 12.4. The Morgan fingerprint density at radius 1 is 1.44 bits per heavy atom. The predicted molar refractivity (Wildman–Crippen MR) is 77.6 cm³/mol. The average molecular weight is 265 g/mol. The predicted octanol–water partition coefficient (Wildman–Crippen LogP) is 3.67. The molecule has 3 heteroatoms. The van der Waals surface area contributed by atoms with Crippen molar-refractivity contribution in [2.24, 2.45) is 5.92 Å². The summed E-state index contributed by atoms with van der Waals surface area (Å²) in [5, 5.41) is 0. The minimum absolute atomic E-state index is 0.284. The molecule has 0 N–H and O–H groups in total. The molecule has 1 heterocycles. The van der Waals surface area contributed by atoms with E-state index in [0.717, 1.165) is 22.9 Å². The van der Waals surface area contributed by atoms with Crippen molar-refractivity contribution in [3.05, 3.63) is 21.4 Å². The number of hydrogen-bond donors (Lipinski definition) is 0. The number of Topliss-reactive ketones (excluding diaryl/α,β-unsaturated/α-hetero) is 1. The lowest BCUT2D eigenvalue weighted by Gasteiger charge is -2.25. The Labute approximate surface area is 114 Å². The van der Waals surface area contributed by atoms with Gasteiger partial charge in [0, 0.05) is 27.9 Å². The highest BCUT2D eigenvalue weighted by Gasteiger charge is 2.27. The molecule has 0 atom stereocenters. The normalized spacial score (nSPS) is 15.7. The molecule has 18 heavy (non-hydrogen) atoms. The molecular formula is C15H23NOS. The van der Waals surface area contributed by atoms with Crippen LogP contribution in [0.3, 0.4) is 0 Å². The maximum Gasteiger partial charge on any atom is 0.177 e. The van der Waals surface area contributed by atoms with Crippen LogP contribution in [0.4, 0.5) is 0 Å². The lowest BCUT2D eigenvalue weighted by Crippen LogP contribution is -2.37. The first-order valence-corrected chi connectivity index (χ1v) is 7.63. The summed E-state index contributed by atoms with van der Waals surface area (Å²) in [5.41, 5.74) is 0.930. The second kappa shape index (κ2) is 5.54. The quantitative estimate of drug-likeness (QED) is 0.731. The number of nitrogens with zero attached hydrogens (tertiary/aromatic N) is 1. The number of carbonyl (C=O) groups is 1. The van der Waals surface area contributed by atoms with E-state index in [1.54, 1.807) is 11.3 Å². The largest absolute Gasteiger partial charge is 0.293 e. The van der Waals surface area contributed by atoms with Gasteiger partial charge >= 0.3 is 0 Å². The number of thiophene rings is 1. The molecule has 1 fully saturated rings. The molecule has 0 spiro atoms. The first-order chi connectivity index (χ1) is 8.47. The molecule has 100 valence electrons. The van der Waals surface area contributed by atoms with Crippen LogP contribution in [0.2, 0.25) is 0 Å². The van der Waals surface area contributed by atoms with Crippen LogP contribution >= 0.6 is 11.3 Å². The van der Waals surface area contributed by atoms with E-state index in [1.165, 1.54) is 17.7 Å². The number of rotatable bonds is 6. The zero-order valence-electron chi connectivity index (χ0n) is 11.8. The average Bonchev–Trinajstić information content (AvgIpc) is 3.02. The highest BCUT2D eigenvalue weighted by molar-refractivity contribution is 7.12. The molecule has 1 aliphatic rings. The van der Waals surface area contributed by atoms with Gasteiger partial charge in [0.2, 0.25) is 0 Å². The molecule has 0 saturated heterocycles. The Kier molecular flexibility index (Phi) is 4.23. The van der Waals surface area contributed by atoms with E-state index in [0.29, 0.717) is 12.6 Å². The van der Waals surface area contributed by atoms with Gasteiger partial charge in [-0.25, -0.2) is 0 Å². The summed E-state index contributed by atoms with van der Waals surface area (Å²) in [6, 6.07) is 2.49. The standard InChI is InChI=1S/C15H23NOS/c1-10(2)16(8-13-5-6-13)9-15(17)14-7-11(3)18-12(14)4/h7,10,13H,5-6,8-9H2,1-4H3. The molecule has 2 nitrogen and oxygen atoms in total. The van der Waals surface area contributed by atoms with E-state index in [-0.39, 0.29) is 5.78 Å². The lowest BCUT2D eigenvalue weighted by atomic mass is 10.1. The first kappa shape index (κ1) is 13.8. The molecule has 0 aliphatic heterocycles. The Balaban J connectivity index is 2.01. The van der Waals surface area contributed by atoms with Gasteiger partial charge in [-0.15, -0.1) is 11.3 Å². The summed E-state index contributed by atoms with van der Waals surface area (Å²) in [7, 11) is 0. The van der Waals surface area contributed by atoms with E-state index < -0.39 is 0 Å². The number of hydrogen-bond acceptors (Lipinski definition) is 3. The fraction of sp³-hybridized carbons (Fsp3) is 0.667. The monoisotopic (exact) mass is 265 g/mol. The minimum Gasteiger partial charge on any atom is -0.293 e. The van der Waals surface area contributed by atoms with Gasteiger partial charge in [0.25, 0.3) is 0 Å². The van der Waals surface area contributed by atoms with Crippen molar-refractivity contribution in [2.75, 3.05) is 13.1 Å². The van der Waals surface area contributed by atoms with Gasteiger partial charge in [-0.2, -0.15) is 0 Å². The number of ketones is 1. The van der Waals surface area contributed by atoms with Gasteiger partial charge in [0.15, 0.2) is 5.78 Å². The molecule has 1 saturated carbocycles. The van der Waals surface area contributed by atoms with Crippen LogP contribution in [0.25, 0.3) is 0 Å². The second-order valence-corrected chi connectivity index (χ2v) is 7.18. The molecule has 1 aromatic heterocycles. The summed E-state index contributed by atoms with van der Waals surface area (Å²) in [4.78, 5) is 17.1. The first-order valence-electron chi connectivity index (χ1n) is 6.81. The van der Waals surface area contributed by atoms with Gasteiger partial charge in [0.1, 0.15) is 0 Å². The van der Waals surface area contributed by atoms with Gasteiger partial charge in [-0.3, -0.25) is 9.69 Å². The van der Waals surface area contributed by atoms with E-state index in [2.05, 4.69) is 25.7 Å². The van der Waals surface area contributed by atoms with Crippen LogP contribution < -0.4 is 0 Å². The van der Waals surface area contributed by atoms with Gasteiger partial charge in [0.05, 0.1) is 6.54 Å². The smallest absolute Gasteiger partial charge is 0.177 e. The van der Waals surface area contributed by atoms with Crippen LogP contribution in [0.1, 0.15) is 46.8 Å².